The second kappa shape index (κ2) is 12.5. The summed E-state index contributed by atoms with van der Waals surface area (Å²) in [5.41, 5.74) is 7.10. The van der Waals surface area contributed by atoms with Gasteiger partial charge in [-0.2, -0.15) is 0 Å². The van der Waals surface area contributed by atoms with E-state index in [4.69, 9.17) is 20.1 Å². The number of Topliss-reactive ketones (excluding diaryl/α,β-unsaturated/α-hetero) is 1. The molecule has 0 saturated heterocycles. The van der Waals surface area contributed by atoms with Gasteiger partial charge in [0, 0.05) is 23.1 Å². The maximum absolute atomic E-state index is 13.5. The molecule has 2 aliphatic carbocycles. The van der Waals surface area contributed by atoms with Gasteiger partial charge in [-0.1, -0.05) is 111 Å². The van der Waals surface area contributed by atoms with Crippen molar-refractivity contribution in [1.82, 2.24) is 0 Å². The summed E-state index contributed by atoms with van der Waals surface area (Å²) in [7, 11) is 0. The van der Waals surface area contributed by atoms with Gasteiger partial charge in [-0.25, -0.2) is 4.99 Å². The number of para-hydroxylation sites is 1. The van der Waals surface area contributed by atoms with Gasteiger partial charge in [0.2, 0.25) is 0 Å². The number of nitrogens with one attached hydrogen (secondary N) is 1. The van der Waals surface area contributed by atoms with E-state index >= 15 is 0 Å². The molecule has 4 aliphatic rings. The van der Waals surface area contributed by atoms with Crippen molar-refractivity contribution in [2.45, 2.75) is 64.5 Å². The van der Waals surface area contributed by atoms with Gasteiger partial charge >= 0.3 is 0 Å². The molecule has 1 N–H and O–H groups in total. The fourth-order valence-electron chi connectivity index (χ4n) is 8.14. The molecule has 4 aromatic rings. The van der Waals surface area contributed by atoms with Gasteiger partial charge in [0.1, 0.15) is 18.3 Å². The average molecular weight is 630 g/mol. The van der Waals surface area contributed by atoms with Gasteiger partial charge in [0.25, 0.3) is 0 Å². The topological polar surface area (TPSA) is 74.9 Å². The van der Waals surface area contributed by atoms with Crippen LogP contribution in [0.3, 0.4) is 0 Å². The summed E-state index contributed by atoms with van der Waals surface area (Å²) in [6.07, 6.45) is 7.60. The minimum atomic E-state index is -0.318. The summed E-state index contributed by atoms with van der Waals surface area (Å²) < 4.78 is 6.41. The fraction of sp³-hybridized carbons (Fsp3) is 0.256. The Morgan fingerprint density at radius 2 is 1.65 bits per heavy atom. The highest BCUT2D eigenvalue weighted by Gasteiger charge is 2.37. The minimum absolute atomic E-state index is 0.0362. The molecule has 0 saturated carbocycles. The summed E-state index contributed by atoms with van der Waals surface area (Å²) in [5, 5.41) is 15.5. The largest absolute Gasteiger partial charge is 0.485 e. The van der Waals surface area contributed by atoms with E-state index in [9.17, 15) is 4.79 Å². The van der Waals surface area contributed by atoms with E-state index in [0.717, 1.165) is 46.7 Å². The van der Waals surface area contributed by atoms with Gasteiger partial charge in [0.15, 0.2) is 11.5 Å². The Kier molecular flexibility index (Phi) is 7.84. The van der Waals surface area contributed by atoms with Crippen molar-refractivity contribution in [3.8, 4) is 0 Å². The molecule has 0 aromatic heterocycles. The van der Waals surface area contributed by atoms with Crippen LogP contribution in [0.25, 0.3) is 17.2 Å². The van der Waals surface area contributed by atoms with Crippen LogP contribution in [0.1, 0.15) is 62.1 Å². The number of ether oxygens (including phenoxy) is 1. The van der Waals surface area contributed by atoms with Crippen LogP contribution < -0.4 is 21.0 Å². The van der Waals surface area contributed by atoms with Crippen LogP contribution in [0.5, 0.6) is 0 Å². The van der Waals surface area contributed by atoms with Crippen molar-refractivity contribution in [2.75, 3.05) is 0 Å². The first-order chi connectivity index (χ1) is 23.5. The second-order valence-electron chi connectivity index (χ2n) is 13.4. The quantitative estimate of drug-likeness (QED) is 0.240. The number of rotatable bonds is 9. The molecule has 0 amide bonds. The number of hydrogen-bond donors (Lipinski definition) is 1. The van der Waals surface area contributed by atoms with E-state index in [0.29, 0.717) is 25.2 Å². The van der Waals surface area contributed by atoms with Crippen LogP contribution in [0.4, 0.5) is 0 Å². The third kappa shape index (κ3) is 5.18. The van der Waals surface area contributed by atoms with E-state index in [1.54, 1.807) is 0 Å². The summed E-state index contributed by atoms with van der Waals surface area (Å²) in [6.45, 7) is 4.75. The summed E-state index contributed by atoms with van der Waals surface area (Å²) in [4.78, 5) is 23.9. The van der Waals surface area contributed by atoms with Crippen LogP contribution in [-0.4, -0.2) is 23.8 Å². The molecule has 0 spiro atoms. The maximum Gasteiger partial charge on any atom is 0.176 e. The SMILES string of the molecule is CCCC(=N)C(=O)CC1CCc2c3c(ccc2=C1C1N=CC(OCc2ccccc2)=C2N=c4ccccc4=C21)=c1ccccc1=CC3C. The first-order valence-electron chi connectivity index (χ1n) is 17.2. The number of dihydropyridines is 1. The van der Waals surface area contributed by atoms with Crippen LogP contribution in [-0.2, 0) is 22.6 Å². The molecule has 48 heavy (non-hydrogen) atoms. The Morgan fingerprint density at radius 1 is 0.896 bits per heavy atom. The third-order valence-electron chi connectivity index (χ3n) is 10.3. The number of nitrogens with zero attached hydrogens (tertiary/aromatic N) is 2. The van der Waals surface area contributed by atoms with Crippen molar-refractivity contribution in [2.24, 2.45) is 15.9 Å². The molecule has 0 radical (unpaired) electrons. The van der Waals surface area contributed by atoms with Crippen LogP contribution in [0, 0.1) is 21.8 Å². The van der Waals surface area contributed by atoms with E-state index in [1.165, 1.54) is 37.6 Å². The van der Waals surface area contributed by atoms with Crippen LogP contribution in [0.2, 0.25) is 0 Å². The van der Waals surface area contributed by atoms with Crippen LogP contribution in [0.15, 0.2) is 112 Å². The number of ketones is 1. The third-order valence-corrected chi connectivity index (χ3v) is 10.3. The first-order valence-corrected chi connectivity index (χ1v) is 17.2. The van der Waals surface area contributed by atoms with Gasteiger partial charge in [0.05, 0.1) is 17.3 Å². The van der Waals surface area contributed by atoms with Crippen molar-refractivity contribution in [3.63, 3.8) is 0 Å². The first kappa shape index (κ1) is 30.2. The lowest BCUT2D eigenvalue weighted by molar-refractivity contribution is -0.113. The predicted molar refractivity (Wildman–Crippen MR) is 191 cm³/mol. The van der Waals surface area contributed by atoms with Crippen molar-refractivity contribution in [3.05, 3.63) is 151 Å². The number of carbonyl (C=O) groups is 1. The van der Waals surface area contributed by atoms with E-state index < -0.39 is 0 Å². The van der Waals surface area contributed by atoms with Crippen molar-refractivity contribution >= 4 is 34.9 Å². The van der Waals surface area contributed by atoms with Gasteiger partial charge in [-0.3, -0.25) is 9.79 Å². The molecule has 0 bridgehead atoms. The second-order valence-corrected chi connectivity index (χ2v) is 13.4. The van der Waals surface area contributed by atoms with E-state index in [1.807, 2.05) is 37.4 Å². The number of allylic oxidation sites excluding steroid dienone is 1. The van der Waals surface area contributed by atoms with Crippen molar-refractivity contribution in [1.29, 1.82) is 5.41 Å². The normalized spacial score (nSPS) is 20.1. The molecule has 238 valence electrons. The smallest absolute Gasteiger partial charge is 0.176 e. The van der Waals surface area contributed by atoms with Gasteiger partial charge in [-0.15, -0.1) is 0 Å². The maximum atomic E-state index is 13.5. The standard InChI is InChI=1S/C43H39N3O2/c1-3-11-35(44)37(47)23-29-18-19-32-33(21-20-31-30-15-8-7-14-28(30)22-26(2)39(31)32)40(29)43-41-34-16-9-10-17-36(34)46-42(41)38(24-45-43)48-25-27-12-5-4-6-13-27/h4-10,12-17,20-22,24,26,29,43-44H,3,11,18-19,23,25H2,1-2H3. The molecule has 3 unspecified atom stereocenters. The molecular weight excluding hydrogens is 590 g/mol. The highest BCUT2D eigenvalue weighted by Crippen LogP contribution is 2.40. The highest BCUT2D eigenvalue weighted by molar-refractivity contribution is 6.38. The van der Waals surface area contributed by atoms with Gasteiger partial charge in [-0.05, 0) is 74.4 Å². The monoisotopic (exact) mass is 629 g/mol. The molecule has 0 fully saturated rings. The lowest BCUT2D eigenvalue weighted by Gasteiger charge is -2.33. The Bertz CT molecular complexity index is 2410. The molecule has 2 heterocycles. The molecule has 8 rings (SSSR count). The number of hydrogen-bond acceptors (Lipinski definition) is 5. The fourth-order valence-corrected chi connectivity index (χ4v) is 8.14. The number of fused-ring (bicyclic) bond motifs is 6. The Balaban J connectivity index is 1.34. The Morgan fingerprint density at radius 3 is 2.48 bits per heavy atom. The average Bonchev–Trinajstić information content (AvgIpc) is 3.51. The zero-order valence-corrected chi connectivity index (χ0v) is 27.5. The molecule has 4 aromatic carbocycles. The predicted octanol–water partition coefficient (Wildman–Crippen LogP) is 5.73. The number of aliphatic imine (C=N–C) groups is 1. The lowest BCUT2D eigenvalue weighted by atomic mass is 9.73. The van der Waals surface area contributed by atoms with Crippen molar-refractivity contribution < 1.29 is 9.53 Å². The van der Waals surface area contributed by atoms with Gasteiger partial charge < -0.3 is 10.1 Å². The Hall–Kier alpha value is -5.16. The Labute approximate surface area is 280 Å². The molecule has 3 atom stereocenters. The summed E-state index contributed by atoms with van der Waals surface area (Å²) in [6, 6.07) is 31.3. The highest BCUT2D eigenvalue weighted by atomic mass is 16.5. The summed E-state index contributed by atoms with van der Waals surface area (Å²) in [5.74, 6) is 0.840. The number of carbonyl (C=O) groups excluding carboxylic acids is 1. The minimum Gasteiger partial charge on any atom is -0.485 e. The summed E-state index contributed by atoms with van der Waals surface area (Å²) >= 11 is 0. The lowest BCUT2D eigenvalue weighted by Crippen LogP contribution is -2.37. The van der Waals surface area contributed by atoms with Crippen LogP contribution >= 0.6 is 0 Å². The van der Waals surface area contributed by atoms with E-state index in [2.05, 4.69) is 79.7 Å². The van der Waals surface area contributed by atoms with E-state index in [-0.39, 0.29) is 29.4 Å². The zero-order chi connectivity index (χ0) is 32.8. The molecule has 2 aliphatic heterocycles. The molecular formula is C43H39N3O2. The number of benzene rings is 4. The zero-order valence-electron chi connectivity index (χ0n) is 27.5. The molecule has 5 nitrogen and oxygen atoms in total. The molecule has 5 heteroatoms.